The van der Waals surface area contributed by atoms with E-state index >= 15 is 0 Å². The van der Waals surface area contributed by atoms with E-state index in [4.69, 9.17) is 0 Å². The van der Waals surface area contributed by atoms with Crippen LogP contribution < -0.4 is 0 Å². The molecular formula is C11H21NO2. The van der Waals surface area contributed by atoms with Crippen LogP contribution in [0, 0.1) is 0 Å². The summed E-state index contributed by atoms with van der Waals surface area (Å²) in [7, 11) is 0. The van der Waals surface area contributed by atoms with E-state index in [0.29, 0.717) is 6.04 Å². The molecular weight excluding hydrogens is 178 g/mol. The lowest BCUT2D eigenvalue weighted by molar-refractivity contribution is 0.0104. The van der Waals surface area contributed by atoms with Crippen LogP contribution in [0.2, 0.25) is 0 Å². The molecule has 1 aliphatic heterocycles. The highest BCUT2D eigenvalue weighted by atomic mass is 16.3. The largest absolute Gasteiger partial charge is 0.391 e. The number of hydrogen-bond donors (Lipinski definition) is 2. The molecule has 2 fully saturated rings. The van der Waals surface area contributed by atoms with Gasteiger partial charge in [0.2, 0.25) is 0 Å². The van der Waals surface area contributed by atoms with Gasteiger partial charge in [0, 0.05) is 19.1 Å². The lowest BCUT2D eigenvalue weighted by Gasteiger charge is -2.35. The number of rotatable bonds is 1. The van der Waals surface area contributed by atoms with E-state index in [-0.39, 0.29) is 6.10 Å². The van der Waals surface area contributed by atoms with Crippen LogP contribution in [-0.4, -0.2) is 45.9 Å². The van der Waals surface area contributed by atoms with Gasteiger partial charge in [-0.2, -0.15) is 0 Å². The van der Waals surface area contributed by atoms with Gasteiger partial charge in [0.05, 0.1) is 11.7 Å². The van der Waals surface area contributed by atoms with E-state index < -0.39 is 5.60 Å². The van der Waals surface area contributed by atoms with E-state index in [1.807, 2.05) is 6.92 Å². The van der Waals surface area contributed by atoms with Crippen LogP contribution in [0.25, 0.3) is 0 Å². The molecule has 0 amide bonds. The zero-order valence-corrected chi connectivity index (χ0v) is 8.95. The second-order valence-corrected chi connectivity index (χ2v) is 5.14. The molecule has 1 saturated heterocycles. The van der Waals surface area contributed by atoms with Crippen molar-refractivity contribution in [3.05, 3.63) is 0 Å². The van der Waals surface area contributed by atoms with E-state index in [1.54, 1.807) is 0 Å². The summed E-state index contributed by atoms with van der Waals surface area (Å²) in [6.45, 7) is 3.56. The van der Waals surface area contributed by atoms with Gasteiger partial charge in [0.25, 0.3) is 0 Å². The molecule has 1 unspecified atom stereocenters. The van der Waals surface area contributed by atoms with E-state index in [9.17, 15) is 10.2 Å². The molecule has 0 aromatic heterocycles. The number of likely N-dealkylation sites (tertiary alicyclic amines) is 1. The van der Waals surface area contributed by atoms with Crippen LogP contribution in [0.4, 0.5) is 0 Å². The van der Waals surface area contributed by atoms with Crippen molar-refractivity contribution in [2.24, 2.45) is 0 Å². The summed E-state index contributed by atoms with van der Waals surface area (Å²) in [6, 6.07) is 0.303. The Morgan fingerprint density at radius 2 is 2.00 bits per heavy atom. The average molecular weight is 199 g/mol. The van der Waals surface area contributed by atoms with Crippen molar-refractivity contribution in [3.63, 3.8) is 0 Å². The third-order valence-electron chi connectivity index (χ3n) is 3.64. The second-order valence-electron chi connectivity index (χ2n) is 5.14. The molecule has 3 heteroatoms. The van der Waals surface area contributed by atoms with E-state index in [2.05, 4.69) is 4.90 Å². The minimum absolute atomic E-state index is 0.169. The molecule has 3 atom stereocenters. The predicted octanol–water partition coefficient (Wildman–Crippen LogP) is 0.747. The molecule has 82 valence electrons. The molecule has 2 N–H and O–H groups in total. The summed E-state index contributed by atoms with van der Waals surface area (Å²) in [4.78, 5) is 2.27. The molecule has 0 radical (unpaired) electrons. The van der Waals surface area contributed by atoms with Crippen molar-refractivity contribution in [2.45, 2.75) is 56.8 Å². The summed E-state index contributed by atoms with van der Waals surface area (Å²) < 4.78 is 0. The number of β-amino-alcohol motifs (C(OH)–C–C–N with tert-alkyl or cyclic N) is 1. The monoisotopic (exact) mass is 199 g/mol. The Morgan fingerprint density at radius 3 is 2.57 bits per heavy atom. The molecule has 0 bridgehead atoms. The molecule has 1 aliphatic carbocycles. The second kappa shape index (κ2) is 3.80. The summed E-state index contributed by atoms with van der Waals surface area (Å²) >= 11 is 0. The highest BCUT2D eigenvalue weighted by Gasteiger charge is 2.38. The van der Waals surface area contributed by atoms with Crippen molar-refractivity contribution < 1.29 is 10.2 Å². The van der Waals surface area contributed by atoms with Gasteiger partial charge in [-0.1, -0.05) is 12.8 Å². The molecule has 3 nitrogen and oxygen atoms in total. The first-order valence-electron chi connectivity index (χ1n) is 5.73. The van der Waals surface area contributed by atoms with Crippen molar-refractivity contribution in [3.8, 4) is 0 Å². The highest BCUT2D eigenvalue weighted by molar-refractivity contribution is 4.92. The minimum atomic E-state index is -0.531. The van der Waals surface area contributed by atoms with Crippen molar-refractivity contribution in [1.82, 2.24) is 4.90 Å². The molecule has 14 heavy (non-hydrogen) atoms. The van der Waals surface area contributed by atoms with Gasteiger partial charge in [0.1, 0.15) is 0 Å². The average Bonchev–Trinajstić information content (AvgIpc) is 2.47. The van der Waals surface area contributed by atoms with Gasteiger partial charge in [-0.05, 0) is 26.2 Å². The molecule has 1 heterocycles. The third-order valence-corrected chi connectivity index (χ3v) is 3.64. The smallest absolute Gasteiger partial charge is 0.0758 e. The zero-order valence-electron chi connectivity index (χ0n) is 8.95. The minimum Gasteiger partial charge on any atom is -0.391 e. The van der Waals surface area contributed by atoms with Crippen molar-refractivity contribution >= 4 is 0 Å². The zero-order chi connectivity index (χ0) is 10.2. The summed E-state index contributed by atoms with van der Waals surface area (Å²) in [5.41, 5.74) is -0.531. The number of aliphatic hydroxyl groups is 2. The standard InChI is InChI=1S/C11H21NO2/c1-11(14)6-7-12(8-11)9-4-2-3-5-10(9)13/h9-10,13-14H,2-8H2,1H3/t9-,10-,11?/m0/s1. The van der Waals surface area contributed by atoms with Gasteiger partial charge in [-0.3, -0.25) is 4.90 Å². The fraction of sp³-hybridized carbons (Fsp3) is 1.00. The van der Waals surface area contributed by atoms with Gasteiger partial charge < -0.3 is 10.2 Å². The van der Waals surface area contributed by atoms with Gasteiger partial charge in [-0.25, -0.2) is 0 Å². The van der Waals surface area contributed by atoms with Gasteiger partial charge >= 0.3 is 0 Å². The molecule has 0 spiro atoms. The number of nitrogens with zero attached hydrogens (tertiary/aromatic N) is 1. The number of aliphatic hydroxyl groups excluding tert-OH is 1. The van der Waals surface area contributed by atoms with Crippen molar-refractivity contribution in [2.75, 3.05) is 13.1 Å². The van der Waals surface area contributed by atoms with E-state index in [0.717, 1.165) is 38.8 Å². The first-order valence-corrected chi connectivity index (χ1v) is 5.73. The lowest BCUT2D eigenvalue weighted by atomic mass is 9.91. The number of hydrogen-bond acceptors (Lipinski definition) is 3. The van der Waals surface area contributed by atoms with Crippen molar-refractivity contribution in [1.29, 1.82) is 0 Å². The molecule has 2 rings (SSSR count). The first-order chi connectivity index (χ1) is 6.58. The Labute approximate surface area is 85.7 Å². The van der Waals surface area contributed by atoms with Crippen LogP contribution in [0.5, 0.6) is 0 Å². The van der Waals surface area contributed by atoms with Crippen LogP contribution in [-0.2, 0) is 0 Å². The Balaban J connectivity index is 1.95. The van der Waals surface area contributed by atoms with Gasteiger partial charge in [0.15, 0.2) is 0 Å². The molecule has 0 aromatic rings. The predicted molar refractivity (Wildman–Crippen MR) is 55.1 cm³/mol. The Hall–Kier alpha value is -0.120. The normalized spacial score (nSPS) is 45.6. The van der Waals surface area contributed by atoms with Crippen LogP contribution in [0.1, 0.15) is 39.0 Å². The lowest BCUT2D eigenvalue weighted by Crippen LogP contribution is -2.45. The highest BCUT2D eigenvalue weighted by Crippen LogP contribution is 2.29. The maximum Gasteiger partial charge on any atom is 0.0758 e. The SMILES string of the molecule is CC1(O)CCN([C@H]2CCCC[C@@H]2O)C1. The molecule has 0 aromatic carbocycles. The maximum atomic E-state index is 9.88. The summed E-state index contributed by atoms with van der Waals surface area (Å²) in [5, 5.41) is 19.7. The summed E-state index contributed by atoms with van der Waals surface area (Å²) in [6.07, 6.45) is 5.08. The Morgan fingerprint density at radius 1 is 1.29 bits per heavy atom. The Kier molecular flexibility index (Phi) is 2.82. The maximum absolute atomic E-state index is 9.88. The topological polar surface area (TPSA) is 43.7 Å². The van der Waals surface area contributed by atoms with Gasteiger partial charge in [-0.15, -0.1) is 0 Å². The first kappa shape index (κ1) is 10.4. The fourth-order valence-corrected chi connectivity index (χ4v) is 2.78. The molecule has 1 saturated carbocycles. The summed E-state index contributed by atoms with van der Waals surface area (Å²) in [5.74, 6) is 0. The third kappa shape index (κ3) is 2.10. The molecule has 2 aliphatic rings. The van der Waals surface area contributed by atoms with E-state index in [1.165, 1.54) is 6.42 Å². The quantitative estimate of drug-likeness (QED) is 0.655. The van der Waals surface area contributed by atoms with Crippen LogP contribution in [0.3, 0.4) is 0 Å². The van der Waals surface area contributed by atoms with Crippen LogP contribution in [0.15, 0.2) is 0 Å². The fourth-order valence-electron chi connectivity index (χ4n) is 2.78. The Bertz CT molecular complexity index is 205. The van der Waals surface area contributed by atoms with Crippen LogP contribution >= 0.6 is 0 Å².